The van der Waals surface area contributed by atoms with E-state index in [2.05, 4.69) is 10.5 Å². The molecule has 2 aromatic rings. The molecule has 132 valence electrons. The highest BCUT2D eigenvalue weighted by Gasteiger charge is 2.08. The number of anilines is 1. The van der Waals surface area contributed by atoms with E-state index in [1.165, 1.54) is 18.3 Å². The van der Waals surface area contributed by atoms with Crippen LogP contribution >= 0.6 is 23.2 Å². The molecule has 1 amide bonds. The van der Waals surface area contributed by atoms with Crippen LogP contribution in [0.25, 0.3) is 0 Å². The SMILES string of the molecule is O=C(NN=Cc1ccc(F)cc1)c1ccc(N(CCCl)CCCl)cc1. The van der Waals surface area contributed by atoms with Crippen molar-refractivity contribution >= 4 is 41.0 Å². The van der Waals surface area contributed by atoms with Gasteiger partial charge in [-0.05, 0) is 42.0 Å². The zero-order chi connectivity index (χ0) is 18.1. The van der Waals surface area contributed by atoms with Gasteiger partial charge in [-0.25, -0.2) is 9.82 Å². The minimum atomic E-state index is -0.328. The normalized spacial score (nSPS) is 10.8. The minimum Gasteiger partial charge on any atom is -0.369 e. The Hall–Kier alpha value is -2.11. The summed E-state index contributed by atoms with van der Waals surface area (Å²) >= 11 is 11.6. The quantitative estimate of drug-likeness (QED) is 0.428. The van der Waals surface area contributed by atoms with Gasteiger partial charge in [0.25, 0.3) is 5.91 Å². The van der Waals surface area contributed by atoms with E-state index in [-0.39, 0.29) is 11.7 Å². The highest BCUT2D eigenvalue weighted by molar-refractivity contribution is 6.18. The molecule has 0 aliphatic heterocycles. The molecule has 2 rings (SSSR count). The number of rotatable bonds is 8. The first-order chi connectivity index (χ1) is 12.1. The topological polar surface area (TPSA) is 44.7 Å². The van der Waals surface area contributed by atoms with Gasteiger partial charge in [0.15, 0.2) is 0 Å². The smallest absolute Gasteiger partial charge is 0.271 e. The average molecular weight is 382 g/mol. The highest BCUT2D eigenvalue weighted by Crippen LogP contribution is 2.15. The van der Waals surface area contributed by atoms with Crippen molar-refractivity contribution in [2.75, 3.05) is 29.7 Å². The standard InChI is InChI=1S/C18H18Cl2FN3O/c19-9-11-24(12-10-20)17-7-3-15(4-8-17)18(25)23-22-13-14-1-5-16(21)6-2-14/h1-8,13H,9-12H2,(H,23,25). The summed E-state index contributed by atoms with van der Waals surface area (Å²) in [4.78, 5) is 14.1. The first-order valence-corrected chi connectivity index (χ1v) is 8.77. The van der Waals surface area contributed by atoms with Crippen molar-refractivity contribution in [1.82, 2.24) is 5.43 Å². The number of hydrogen-bond donors (Lipinski definition) is 1. The van der Waals surface area contributed by atoms with Crippen LogP contribution in [0.5, 0.6) is 0 Å². The third-order valence-electron chi connectivity index (χ3n) is 3.45. The average Bonchev–Trinajstić information content (AvgIpc) is 2.63. The Morgan fingerprint density at radius 2 is 1.64 bits per heavy atom. The van der Waals surface area contributed by atoms with Crippen LogP contribution in [0.4, 0.5) is 10.1 Å². The third kappa shape index (κ3) is 6.03. The molecule has 0 saturated carbocycles. The van der Waals surface area contributed by atoms with E-state index in [0.29, 0.717) is 36.0 Å². The van der Waals surface area contributed by atoms with Crippen LogP contribution in [0.15, 0.2) is 53.6 Å². The predicted molar refractivity (Wildman–Crippen MR) is 102 cm³/mol. The molecule has 1 N–H and O–H groups in total. The van der Waals surface area contributed by atoms with Crippen LogP contribution in [0.3, 0.4) is 0 Å². The molecule has 0 fully saturated rings. The van der Waals surface area contributed by atoms with Gasteiger partial charge >= 0.3 is 0 Å². The van der Waals surface area contributed by atoms with E-state index in [9.17, 15) is 9.18 Å². The van der Waals surface area contributed by atoms with Crippen molar-refractivity contribution in [3.63, 3.8) is 0 Å². The van der Waals surface area contributed by atoms with Gasteiger partial charge in [0.1, 0.15) is 5.82 Å². The molecule has 0 aliphatic rings. The number of carbonyl (C=O) groups excluding carboxylic acids is 1. The zero-order valence-electron chi connectivity index (χ0n) is 13.5. The number of carbonyl (C=O) groups is 1. The molecule has 7 heteroatoms. The van der Waals surface area contributed by atoms with Crippen molar-refractivity contribution < 1.29 is 9.18 Å². The number of nitrogens with zero attached hydrogens (tertiary/aromatic N) is 2. The first kappa shape index (κ1) is 19.2. The Bertz CT molecular complexity index is 699. The van der Waals surface area contributed by atoms with Crippen molar-refractivity contribution in [1.29, 1.82) is 0 Å². The predicted octanol–water partition coefficient (Wildman–Crippen LogP) is 3.87. The van der Waals surface area contributed by atoms with E-state index in [1.807, 2.05) is 17.0 Å². The summed E-state index contributed by atoms with van der Waals surface area (Å²) in [6.45, 7) is 1.36. The van der Waals surface area contributed by atoms with Gasteiger partial charge < -0.3 is 4.90 Å². The molecule has 0 unspecified atom stereocenters. The molecule has 25 heavy (non-hydrogen) atoms. The van der Waals surface area contributed by atoms with Gasteiger partial charge in [-0.3, -0.25) is 4.79 Å². The number of alkyl halides is 2. The van der Waals surface area contributed by atoms with Crippen molar-refractivity contribution in [2.45, 2.75) is 0 Å². The van der Waals surface area contributed by atoms with Gasteiger partial charge in [-0.15, -0.1) is 23.2 Å². The molecule has 4 nitrogen and oxygen atoms in total. The molecule has 0 aliphatic carbocycles. The van der Waals surface area contributed by atoms with E-state index in [4.69, 9.17) is 23.2 Å². The molecule has 0 saturated heterocycles. The maximum absolute atomic E-state index is 12.8. The second-order valence-electron chi connectivity index (χ2n) is 5.16. The second-order valence-corrected chi connectivity index (χ2v) is 5.92. The van der Waals surface area contributed by atoms with Crippen LogP contribution in [0.2, 0.25) is 0 Å². The zero-order valence-corrected chi connectivity index (χ0v) is 15.0. The van der Waals surface area contributed by atoms with E-state index in [1.54, 1.807) is 24.3 Å². The van der Waals surface area contributed by atoms with Gasteiger partial charge in [-0.1, -0.05) is 12.1 Å². The Morgan fingerprint density at radius 3 is 2.20 bits per heavy atom. The molecule has 0 aromatic heterocycles. The lowest BCUT2D eigenvalue weighted by Crippen LogP contribution is -2.27. The lowest BCUT2D eigenvalue weighted by molar-refractivity contribution is 0.0955. The fourth-order valence-corrected chi connectivity index (χ4v) is 2.58. The van der Waals surface area contributed by atoms with E-state index < -0.39 is 0 Å². The fraction of sp³-hybridized carbons (Fsp3) is 0.222. The monoisotopic (exact) mass is 381 g/mol. The van der Waals surface area contributed by atoms with E-state index in [0.717, 1.165) is 5.69 Å². The number of hydrogen-bond acceptors (Lipinski definition) is 3. The van der Waals surface area contributed by atoms with Gasteiger partial charge in [0.2, 0.25) is 0 Å². The molecule has 0 bridgehead atoms. The molecular weight excluding hydrogens is 364 g/mol. The minimum absolute atomic E-state index is 0.321. The fourth-order valence-electron chi connectivity index (χ4n) is 2.18. The molecular formula is C18H18Cl2FN3O. The molecule has 0 radical (unpaired) electrons. The van der Waals surface area contributed by atoms with Gasteiger partial charge in [-0.2, -0.15) is 5.10 Å². The maximum atomic E-state index is 12.8. The van der Waals surface area contributed by atoms with Crippen molar-refractivity contribution in [3.8, 4) is 0 Å². The van der Waals surface area contributed by atoms with Crippen LogP contribution < -0.4 is 10.3 Å². The largest absolute Gasteiger partial charge is 0.369 e. The van der Waals surface area contributed by atoms with Crippen LogP contribution in [-0.4, -0.2) is 37.0 Å². The number of amides is 1. The molecule has 0 atom stereocenters. The Balaban J connectivity index is 1.96. The van der Waals surface area contributed by atoms with Crippen molar-refractivity contribution in [2.24, 2.45) is 5.10 Å². The number of nitrogens with one attached hydrogen (secondary N) is 1. The summed E-state index contributed by atoms with van der Waals surface area (Å²) in [5, 5.41) is 3.87. The third-order valence-corrected chi connectivity index (χ3v) is 3.79. The second kappa shape index (κ2) is 10.0. The number of hydrazone groups is 1. The summed E-state index contributed by atoms with van der Waals surface area (Å²) in [5.41, 5.74) is 4.57. The Kier molecular flexibility index (Phi) is 7.70. The summed E-state index contributed by atoms with van der Waals surface area (Å²) < 4.78 is 12.8. The van der Waals surface area contributed by atoms with Gasteiger partial charge in [0, 0.05) is 36.1 Å². The van der Waals surface area contributed by atoms with Crippen molar-refractivity contribution in [3.05, 3.63) is 65.5 Å². The molecule has 0 heterocycles. The van der Waals surface area contributed by atoms with Gasteiger partial charge in [0.05, 0.1) is 6.21 Å². The van der Waals surface area contributed by atoms with Crippen LogP contribution in [0, 0.1) is 5.82 Å². The Morgan fingerprint density at radius 1 is 1.04 bits per heavy atom. The van der Waals surface area contributed by atoms with Crippen LogP contribution in [0.1, 0.15) is 15.9 Å². The van der Waals surface area contributed by atoms with Crippen LogP contribution in [-0.2, 0) is 0 Å². The van der Waals surface area contributed by atoms with E-state index >= 15 is 0 Å². The first-order valence-electron chi connectivity index (χ1n) is 7.70. The highest BCUT2D eigenvalue weighted by atomic mass is 35.5. The molecule has 0 spiro atoms. The number of halogens is 3. The summed E-state index contributed by atoms with van der Waals surface area (Å²) in [7, 11) is 0. The maximum Gasteiger partial charge on any atom is 0.271 e. The summed E-state index contributed by atoms with van der Waals surface area (Å²) in [5.74, 6) is 0.346. The summed E-state index contributed by atoms with van der Waals surface area (Å²) in [6.07, 6.45) is 1.45. The lowest BCUT2D eigenvalue weighted by Gasteiger charge is -2.22. The lowest BCUT2D eigenvalue weighted by atomic mass is 10.2. The number of benzene rings is 2. The summed E-state index contributed by atoms with van der Waals surface area (Å²) in [6, 6.07) is 12.9. The Labute approximate surface area is 156 Å². The molecule has 2 aromatic carbocycles.